The number of carbonyl (C=O) groups is 2. The Morgan fingerprint density at radius 2 is 2.27 bits per heavy atom. The Hall–Kier alpha value is -1.66. The molecule has 1 N–H and O–H groups in total. The molecular formula is C15H18ClN3O3. The van der Waals surface area contributed by atoms with E-state index in [1.165, 1.54) is 0 Å². The fourth-order valence-electron chi connectivity index (χ4n) is 3.16. The van der Waals surface area contributed by atoms with Crippen LogP contribution in [0.5, 0.6) is 0 Å². The van der Waals surface area contributed by atoms with Gasteiger partial charge in [0.1, 0.15) is 10.8 Å². The Morgan fingerprint density at radius 3 is 2.95 bits per heavy atom. The lowest BCUT2D eigenvalue weighted by atomic mass is 10.0. The molecule has 6 nitrogen and oxygen atoms in total. The lowest BCUT2D eigenvalue weighted by Gasteiger charge is -2.19. The predicted molar refractivity (Wildman–Crippen MR) is 80.6 cm³/mol. The molecule has 2 saturated heterocycles. The molecule has 0 aromatic carbocycles. The molecule has 2 amide bonds. The zero-order valence-electron chi connectivity index (χ0n) is 12.3. The van der Waals surface area contributed by atoms with Gasteiger partial charge in [-0.3, -0.25) is 9.59 Å². The lowest BCUT2D eigenvalue weighted by Crippen LogP contribution is -2.32. The summed E-state index contributed by atoms with van der Waals surface area (Å²) in [6.45, 7) is 1.18. The number of carbonyl (C=O) groups excluding carboxylic acids is 2. The molecule has 0 aliphatic carbocycles. The predicted octanol–water partition coefficient (Wildman–Crippen LogP) is 1.10. The summed E-state index contributed by atoms with van der Waals surface area (Å²) in [5.41, 5.74) is 0.356. The fraction of sp³-hybridized carbons (Fsp3) is 0.533. The Kier molecular flexibility index (Phi) is 4.31. The molecule has 7 heteroatoms. The van der Waals surface area contributed by atoms with E-state index in [-0.39, 0.29) is 29.9 Å². The number of pyridine rings is 1. The van der Waals surface area contributed by atoms with E-state index in [4.69, 9.17) is 16.3 Å². The van der Waals surface area contributed by atoms with Crippen LogP contribution in [0.15, 0.2) is 18.2 Å². The molecule has 1 aromatic heterocycles. The van der Waals surface area contributed by atoms with Crippen LogP contribution in [0.25, 0.3) is 0 Å². The highest BCUT2D eigenvalue weighted by Crippen LogP contribution is 2.34. The van der Waals surface area contributed by atoms with Crippen LogP contribution in [0.2, 0.25) is 5.15 Å². The van der Waals surface area contributed by atoms with Crippen molar-refractivity contribution in [1.82, 2.24) is 15.2 Å². The maximum Gasteiger partial charge on any atom is 0.272 e. The summed E-state index contributed by atoms with van der Waals surface area (Å²) in [7, 11) is 1.62. The largest absolute Gasteiger partial charge is 0.372 e. The second-order valence-electron chi connectivity index (χ2n) is 5.73. The first-order valence-electron chi connectivity index (χ1n) is 7.34. The molecule has 0 unspecified atom stereocenters. The first-order valence-corrected chi connectivity index (χ1v) is 7.72. The van der Waals surface area contributed by atoms with Gasteiger partial charge in [0, 0.05) is 26.1 Å². The zero-order chi connectivity index (χ0) is 15.7. The molecule has 0 bridgehead atoms. The SMILES string of the molecule is CNC(=O)C[C@H]1C[C@H]2CN(C(=O)c3cccc(Cl)n3)C[C@H]2O1. The smallest absolute Gasteiger partial charge is 0.272 e. The summed E-state index contributed by atoms with van der Waals surface area (Å²) < 4.78 is 5.90. The van der Waals surface area contributed by atoms with E-state index in [1.807, 2.05) is 0 Å². The van der Waals surface area contributed by atoms with Crippen molar-refractivity contribution in [2.45, 2.75) is 25.0 Å². The highest BCUT2D eigenvalue weighted by Gasteiger charge is 2.44. The molecule has 1 aromatic rings. The van der Waals surface area contributed by atoms with Gasteiger partial charge in [-0.2, -0.15) is 0 Å². The monoisotopic (exact) mass is 323 g/mol. The number of halogens is 1. The van der Waals surface area contributed by atoms with Crippen LogP contribution < -0.4 is 5.32 Å². The number of likely N-dealkylation sites (tertiary alicyclic amines) is 1. The Balaban J connectivity index is 1.59. The molecule has 3 atom stereocenters. The summed E-state index contributed by atoms with van der Waals surface area (Å²) in [4.78, 5) is 29.6. The van der Waals surface area contributed by atoms with E-state index >= 15 is 0 Å². The molecule has 3 heterocycles. The van der Waals surface area contributed by atoms with E-state index in [0.717, 1.165) is 6.42 Å². The van der Waals surface area contributed by atoms with Gasteiger partial charge in [0.05, 0.1) is 18.6 Å². The Labute approximate surface area is 133 Å². The number of hydrogen-bond donors (Lipinski definition) is 1. The second kappa shape index (κ2) is 6.22. The van der Waals surface area contributed by atoms with E-state index in [2.05, 4.69) is 10.3 Å². The van der Waals surface area contributed by atoms with Crippen molar-refractivity contribution in [3.8, 4) is 0 Å². The molecule has 0 saturated carbocycles. The number of ether oxygens (including phenoxy) is 1. The van der Waals surface area contributed by atoms with Gasteiger partial charge in [0.25, 0.3) is 5.91 Å². The maximum atomic E-state index is 12.4. The molecule has 2 fully saturated rings. The van der Waals surface area contributed by atoms with Crippen LogP contribution in [-0.4, -0.2) is 54.0 Å². The van der Waals surface area contributed by atoms with Crippen molar-refractivity contribution in [2.75, 3.05) is 20.1 Å². The van der Waals surface area contributed by atoms with Gasteiger partial charge in [-0.15, -0.1) is 0 Å². The van der Waals surface area contributed by atoms with E-state index in [9.17, 15) is 9.59 Å². The van der Waals surface area contributed by atoms with Gasteiger partial charge in [-0.25, -0.2) is 4.98 Å². The summed E-state index contributed by atoms with van der Waals surface area (Å²) in [6.07, 6.45) is 1.16. The van der Waals surface area contributed by atoms with Crippen LogP contribution >= 0.6 is 11.6 Å². The van der Waals surface area contributed by atoms with Crippen molar-refractivity contribution in [3.63, 3.8) is 0 Å². The molecule has 118 valence electrons. The van der Waals surface area contributed by atoms with Crippen molar-refractivity contribution >= 4 is 23.4 Å². The number of nitrogens with one attached hydrogen (secondary N) is 1. The Bertz CT molecular complexity index is 581. The third-order valence-electron chi connectivity index (χ3n) is 4.23. The first kappa shape index (κ1) is 15.2. The minimum Gasteiger partial charge on any atom is -0.372 e. The maximum absolute atomic E-state index is 12.4. The van der Waals surface area contributed by atoms with E-state index in [0.29, 0.717) is 30.4 Å². The lowest BCUT2D eigenvalue weighted by molar-refractivity contribution is -0.123. The fourth-order valence-corrected chi connectivity index (χ4v) is 3.32. The normalized spacial score (nSPS) is 26.8. The van der Waals surface area contributed by atoms with Crippen molar-refractivity contribution in [2.24, 2.45) is 5.92 Å². The average Bonchev–Trinajstić information content (AvgIpc) is 3.04. The van der Waals surface area contributed by atoms with Crippen LogP contribution in [-0.2, 0) is 9.53 Å². The minimum atomic E-state index is -0.122. The van der Waals surface area contributed by atoms with Crippen LogP contribution in [0.4, 0.5) is 0 Å². The van der Waals surface area contributed by atoms with Crippen molar-refractivity contribution in [1.29, 1.82) is 0 Å². The van der Waals surface area contributed by atoms with Gasteiger partial charge < -0.3 is 15.0 Å². The highest BCUT2D eigenvalue weighted by atomic mass is 35.5. The molecule has 2 aliphatic heterocycles. The number of hydrogen-bond acceptors (Lipinski definition) is 4. The minimum absolute atomic E-state index is 0.0118. The number of fused-ring (bicyclic) bond motifs is 1. The molecule has 0 radical (unpaired) electrons. The summed E-state index contributed by atoms with van der Waals surface area (Å²) in [6, 6.07) is 5.02. The number of aromatic nitrogens is 1. The van der Waals surface area contributed by atoms with Crippen molar-refractivity contribution < 1.29 is 14.3 Å². The topological polar surface area (TPSA) is 71.5 Å². The zero-order valence-corrected chi connectivity index (χ0v) is 13.0. The molecule has 3 rings (SSSR count). The summed E-state index contributed by atoms with van der Waals surface area (Å²) in [5.74, 6) is 0.155. The number of nitrogens with zero attached hydrogens (tertiary/aromatic N) is 2. The van der Waals surface area contributed by atoms with E-state index < -0.39 is 0 Å². The second-order valence-corrected chi connectivity index (χ2v) is 6.11. The van der Waals surface area contributed by atoms with Crippen LogP contribution in [0.1, 0.15) is 23.3 Å². The van der Waals surface area contributed by atoms with Gasteiger partial charge in [-0.05, 0) is 18.6 Å². The summed E-state index contributed by atoms with van der Waals surface area (Å²) >= 11 is 5.83. The Morgan fingerprint density at radius 1 is 1.45 bits per heavy atom. The van der Waals surface area contributed by atoms with E-state index in [1.54, 1.807) is 30.1 Å². The third kappa shape index (κ3) is 3.08. The first-order chi connectivity index (χ1) is 10.6. The summed E-state index contributed by atoms with van der Waals surface area (Å²) in [5, 5.41) is 2.92. The van der Waals surface area contributed by atoms with Gasteiger partial charge in [0.15, 0.2) is 0 Å². The molecule has 22 heavy (non-hydrogen) atoms. The van der Waals surface area contributed by atoms with Gasteiger partial charge >= 0.3 is 0 Å². The standard InChI is InChI=1S/C15H18ClN3O3/c1-17-14(20)6-10-5-9-7-19(8-12(9)22-10)15(21)11-3-2-4-13(16)18-11/h2-4,9-10,12H,5-8H2,1H3,(H,17,20)/t9-,10+,12+/m0/s1. The average molecular weight is 324 g/mol. The third-order valence-corrected chi connectivity index (χ3v) is 4.44. The molecule has 2 aliphatic rings. The molecular weight excluding hydrogens is 306 g/mol. The van der Waals surface area contributed by atoms with Crippen molar-refractivity contribution in [3.05, 3.63) is 29.0 Å². The van der Waals surface area contributed by atoms with Crippen LogP contribution in [0.3, 0.4) is 0 Å². The number of amides is 2. The quantitative estimate of drug-likeness (QED) is 0.846. The number of rotatable bonds is 3. The van der Waals surface area contributed by atoms with Gasteiger partial charge in [-0.1, -0.05) is 17.7 Å². The highest BCUT2D eigenvalue weighted by molar-refractivity contribution is 6.29. The van der Waals surface area contributed by atoms with Gasteiger partial charge in [0.2, 0.25) is 5.91 Å². The van der Waals surface area contributed by atoms with Crippen LogP contribution in [0, 0.1) is 5.92 Å². The molecule has 0 spiro atoms.